The second kappa shape index (κ2) is 8.05. The molecule has 1 heterocycles. The molecule has 148 valence electrons. The molecule has 5 nitrogen and oxygen atoms in total. The van der Waals surface area contributed by atoms with Gasteiger partial charge >= 0.3 is 6.01 Å². The van der Waals surface area contributed by atoms with Crippen molar-refractivity contribution in [3.8, 4) is 17.5 Å². The average Bonchev–Trinajstić information content (AvgIpc) is 3.01. The Hall–Kier alpha value is -2.82. The van der Waals surface area contributed by atoms with E-state index in [1.54, 1.807) is 20.1 Å². The normalized spacial score (nSPS) is 11.2. The highest BCUT2D eigenvalue weighted by Crippen LogP contribution is 2.37. The molecule has 1 aromatic heterocycles. The summed E-state index contributed by atoms with van der Waals surface area (Å²) < 4.78 is 13.7. The Morgan fingerprint density at radius 2 is 1.82 bits per heavy atom. The smallest absolute Gasteiger partial charge is 0.302 e. The SMILES string of the molecule is CCC(CC)c1ccc(OC)c2nc(Oc3ccc(C(C)=O)cc3C)n(C)c12. The van der Waals surface area contributed by atoms with Gasteiger partial charge in [-0.15, -0.1) is 0 Å². The molecule has 3 rings (SSSR count). The lowest BCUT2D eigenvalue weighted by molar-refractivity contribution is 0.101. The maximum atomic E-state index is 11.6. The number of rotatable bonds is 7. The standard InChI is InChI=1S/C23H28N2O3/c1-7-16(8-2)18-10-12-20(27-6)21-22(18)25(5)23(24-21)28-19-11-9-17(15(4)26)13-14(19)3/h9-13,16H,7-8H2,1-6H3. The van der Waals surface area contributed by atoms with E-state index in [9.17, 15) is 4.79 Å². The van der Waals surface area contributed by atoms with Crippen LogP contribution in [0.3, 0.4) is 0 Å². The van der Waals surface area contributed by atoms with Crippen LogP contribution in [0.2, 0.25) is 0 Å². The summed E-state index contributed by atoms with van der Waals surface area (Å²) in [6.07, 6.45) is 2.12. The fourth-order valence-electron chi connectivity index (χ4n) is 3.70. The molecule has 0 aliphatic rings. The van der Waals surface area contributed by atoms with E-state index in [-0.39, 0.29) is 5.78 Å². The first-order valence-electron chi connectivity index (χ1n) is 9.73. The number of carbonyl (C=O) groups is 1. The molecule has 0 amide bonds. The molecular formula is C23H28N2O3. The number of benzene rings is 2. The molecule has 0 saturated carbocycles. The molecule has 0 aliphatic carbocycles. The van der Waals surface area contributed by atoms with Crippen LogP contribution in [0.15, 0.2) is 30.3 Å². The van der Waals surface area contributed by atoms with Gasteiger partial charge in [0.05, 0.1) is 12.6 Å². The maximum Gasteiger partial charge on any atom is 0.302 e. The largest absolute Gasteiger partial charge is 0.494 e. The van der Waals surface area contributed by atoms with Gasteiger partial charge in [-0.05, 0) is 68.0 Å². The van der Waals surface area contributed by atoms with Gasteiger partial charge in [-0.3, -0.25) is 9.36 Å². The zero-order valence-electron chi connectivity index (χ0n) is 17.5. The number of fused-ring (bicyclic) bond motifs is 1. The number of hydrogen-bond donors (Lipinski definition) is 0. The monoisotopic (exact) mass is 380 g/mol. The van der Waals surface area contributed by atoms with Crippen LogP contribution in [0.25, 0.3) is 11.0 Å². The minimum absolute atomic E-state index is 0.0388. The lowest BCUT2D eigenvalue weighted by atomic mass is 9.92. The van der Waals surface area contributed by atoms with Gasteiger partial charge in [0.15, 0.2) is 5.78 Å². The molecular weight excluding hydrogens is 352 g/mol. The Morgan fingerprint density at radius 1 is 1.14 bits per heavy atom. The van der Waals surface area contributed by atoms with Crippen molar-refractivity contribution in [3.63, 3.8) is 0 Å². The highest BCUT2D eigenvalue weighted by Gasteiger charge is 2.21. The lowest BCUT2D eigenvalue weighted by Gasteiger charge is -2.16. The molecule has 0 spiro atoms. The highest BCUT2D eigenvalue weighted by atomic mass is 16.5. The Bertz CT molecular complexity index is 1020. The van der Waals surface area contributed by atoms with Crippen LogP contribution in [-0.4, -0.2) is 22.4 Å². The van der Waals surface area contributed by atoms with E-state index < -0.39 is 0 Å². The summed E-state index contributed by atoms with van der Waals surface area (Å²) >= 11 is 0. The maximum absolute atomic E-state index is 11.6. The van der Waals surface area contributed by atoms with E-state index in [4.69, 9.17) is 14.5 Å². The van der Waals surface area contributed by atoms with Crippen molar-refractivity contribution in [3.05, 3.63) is 47.0 Å². The van der Waals surface area contributed by atoms with Gasteiger partial charge < -0.3 is 9.47 Å². The van der Waals surface area contributed by atoms with E-state index in [0.29, 0.717) is 23.2 Å². The topological polar surface area (TPSA) is 53.4 Å². The summed E-state index contributed by atoms with van der Waals surface area (Å²) in [5.74, 6) is 1.91. The number of Topliss-reactive ketones (excluding diaryl/α,β-unsaturated/α-hetero) is 1. The van der Waals surface area contributed by atoms with E-state index in [0.717, 1.165) is 35.2 Å². The van der Waals surface area contributed by atoms with Crippen molar-refractivity contribution in [1.29, 1.82) is 0 Å². The van der Waals surface area contributed by atoms with Crippen molar-refractivity contribution < 1.29 is 14.3 Å². The van der Waals surface area contributed by atoms with Crippen molar-refractivity contribution in [2.75, 3.05) is 7.11 Å². The number of aryl methyl sites for hydroxylation is 2. The molecule has 28 heavy (non-hydrogen) atoms. The number of ketones is 1. The van der Waals surface area contributed by atoms with Crippen LogP contribution in [-0.2, 0) is 7.05 Å². The number of aromatic nitrogens is 2. The molecule has 3 aromatic rings. The second-order valence-electron chi connectivity index (χ2n) is 7.16. The summed E-state index contributed by atoms with van der Waals surface area (Å²) in [7, 11) is 3.63. The summed E-state index contributed by atoms with van der Waals surface area (Å²) in [5, 5.41) is 0. The van der Waals surface area contributed by atoms with Crippen molar-refractivity contribution in [1.82, 2.24) is 9.55 Å². The van der Waals surface area contributed by atoms with Crippen LogP contribution in [0.5, 0.6) is 17.5 Å². The number of imidazole rings is 1. The molecule has 0 aliphatic heterocycles. The van der Waals surface area contributed by atoms with Crippen LogP contribution in [0.1, 0.15) is 61.0 Å². The third-order valence-electron chi connectivity index (χ3n) is 5.40. The Morgan fingerprint density at radius 3 is 2.39 bits per heavy atom. The fraction of sp³-hybridized carbons (Fsp3) is 0.391. The van der Waals surface area contributed by atoms with Gasteiger partial charge in [0.2, 0.25) is 0 Å². The van der Waals surface area contributed by atoms with Crippen LogP contribution in [0.4, 0.5) is 0 Å². The van der Waals surface area contributed by atoms with Crippen LogP contribution in [0, 0.1) is 6.92 Å². The average molecular weight is 380 g/mol. The predicted molar refractivity (Wildman–Crippen MR) is 112 cm³/mol. The van der Waals surface area contributed by atoms with E-state index in [2.05, 4.69) is 19.9 Å². The van der Waals surface area contributed by atoms with Crippen molar-refractivity contribution in [2.24, 2.45) is 7.05 Å². The summed E-state index contributed by atoms with van der Waals surface area (Å²) in [6, 6.07) is 10.1. The molecule has 5 heteroatoms. The van der Waals surface area contributed by atoms with E-state index in [1.807, 2.05) is 36.7 Å². The zero-order chi connectivity index (χ0) is 20.4. The molecule has 0 radical (unpaired) electrons. The van der Waals surface area contributed by atoms with E-state index >= 15 is 0 Å². The first-order chi connectivity index (χ1) is 13.4. The molecule has 0 unspecified atom stereocenters. The minimum Gasteiger partial charge on any atom is -0.494 e. The third-order valence-corrected chi connectivity index (χ3v) is 5.40. The van der Waals surface area contributed by atoms with Gasteiger partial charge in [0.25, 0.3) is 0 Å². The number of carbonyl (C=O) groups excluding carboxylic acids is 1. The molecule has 0 saturated heterocycles. The molecule has 2 aromatic carbocycles. The first kappa shape index (κ1) is 19.9. The van der Waals surface area contributed by atoms with Gasteiger partial charge in [-0.1, -0.05) is 19.9 Å². The highest BCUT2D eigenvalue weighted by molar-refractivity contribution is 5.94. The first-order valence-corrected chi connectivity index (χ1v) is 9.73. The van der Waals surface area contributed by atoms with Gasteiger partial charge in [0.1, 0.15) is 17.0 Å². The Kier molecular flexibility index (Phi) is 5.73. The number of methoxy groups -OCH3 is 1. The van der Waals surface area contributed by atoms with Gasteiger partial charge in [-0.2, -0.15) is 4.98 Å². The zero-order valence-corrected chi connectivity index (χ0v) is 17.5. The summed E-state index contributed by atoms with van der Waals surface area (Å²) in [6.45, 7) is 7.91. The van der Waals surface area contributed by atoms with Crippen LogP contribution >= 0.6 is 0 Å². The molecule has 0 bridgehead atoms. The number of ether oxygens (including phenoxy) is 2. The van der Waals surface area contributed by atoms with Gasteiger partial charge in [-0.25, -0.2) is 0 Å². The number of hydrogen-bond acceptors (Lipinski definition) is 4. The minimum atomic E-state index is 0.0388. The summed E-state index contributed by atoms with van der Waals surface area (Å²) in [4.78, 5) is 16.3. The lowest BCUT2D eigenvalue weighted by Crippen LogP contribution is -2.02. The Balaban J connectivity index is 2.11. The van der Waals surface area contributed by atoms with Crippen LogP contribution < -0.4 is 9.47 Å². The molecule has 0 N–H and O–H groups in total. The summed E-state index contributed by atoms with van der Waals surface area (Å²) in [5.41, 5.74) is 4.68. The third kappa shape index (κ3) is 3.49. The van der Waals surface area contributed by atoms with Crippen molar-refractivity contribution in [2.45, 2.75) is 46.5 Å². The van der Waals surface area contributed by atoms with Crippen molar-refractivity contribution >= 4 is 16.8 Å². The molecule has 0 fully saturated rings. The quantitative estimate of drug-likeness (QED) is 0.487. The molecule has 0 atom stereocenters. The number of nitrogens with zero attached hydrogens (tertiary/aromatic N) is 2. The Labute approximate surface area is 166 Å². The van der Waals surface area contributed by atoms with E-state index in [1.165, 1.54) is 5.56 Å². The predicted octanol–water partition coefficient (Wildman–Crippen LogP) is 5.79. The second-order valence-corrected chi connectivity index (χ2v) is 7.16. The fourth-order valence-corrected chi connectivity index (χ4v) is 3.70. The van der Waals surface area contributed by atoms with Gasteiger partial charge in [0, 0.05) is 12.6 Å².